The minimum absolute atomic E-state index is 0.0562. The smallest absolute Gasteiger partial charge is 0.161 e. The second-order valence-electron chi connectivity index (χ2n) is 8.99. The molecule has 0 unspecified atom stereocenters. The minimum atomic E-state index is -0.658. The number of aromatic hydroxyl groups is 2. The SMILES string of the molecule is CC(C)(C)c1cc(C(c2ccccc2)(c2ccccc2)c2ccccc2)cc(O)c1O. The first-order valence-electron chi connectivity index (χ1n) is 10.6. The fourth-order valence-corrected chi connectivity index (χ4v) is 4.47. The maximum absolute atomic E-state index is 10.8. The third-order valence-electron chi connectivity index (χ3n) is 5.95. The Kier molecular flexibility index (Phi) is 5.32. The Morgan fingerprint density at radius 2 is 0.903 bits per heavy atom. The summed E-state index contributed by atoms with van der Waals surface area (Å²) >= 11 is 0. The van der Waals surface area contributed by atoms with Gasteiger partial charge in [-0.2, -0.15) is 0 Å². The first-order valence-corrected chi connectivity index (χ1v) is 10.6. The van der Waals surface area contributed by atoms with E-state index >= 15 is 0 Å². The van der Waals surface area contributed by atoms with Gasteiger partial charge in [-0.15, -0.1) is 0 Å². The zero-order chi connectivity index (χ0) is 22.1. The van der Waals surface area contributed by atoms with Gasteiger partial charge in [0, 0.05) is 5.56 Å². The zero-order valence-electron chi connectivity index (χ0n) is 18.2. The number of phenols is 2. The molecule has 4 aromatic carbocycles. The topological polar surface area (TPSA) is 40.5 Å². The normalized spacial score (nSPS) is 12.0. The summed E-state index contributed by atoms with van der Waals surface area (Å²) in [5, 5.41) is 21.5. The fraction of sp³-hybridized carbons (Fsp3) is 0.172. The second kappa shape index (κ2) is 7.96. The molecule has 0 saturated heterocycles. The van der Waals surface area contributed by atoms with Crippen molar-refractivity contribution in [1.82, 2.24) is 0 Å². The molecule has 4 aromatic rings. The molecular weight excluding hydrogens is 380 g/mol. The Balaban J connectivity index is 2.18. The lowest BCUT2D eigenvalue weighted by atomic mass is 9.64. The number of benzene rings is 4. The molecule has 156 valence electrons. The highest BCUT2D eigenvalue weighted by molar-refractivity contribution is 5.63. The van der Waals surface area contributed by atoms with Crippen molar-refractivity contribution < 1.29 is 10.2 Å². The number of phenolic OH excluding ortho intramolecular Hbond substituents is 2. The first-order chi connectivity index (χ1) is 14.8. The van der Waals surface area contributed by atoms with Crippen LogP contribution in [0.5, 0.6) is 11.5 Å². The predicted octanol–water partition coefficient (Wildman–Crippen LogP) is 6.78. The van der Waals surface area contributed by atoms with Crippen molar-refractivity contribution in [3.8, 4) is 11.5 Å². The van der Waals surface area contributed by atoms with Crippen molar-refractivity contribution in [2.24, 2.45) is 0 Å². The highest BCUT2D eigenvalue weighted by Gasteiger charge is 2.39. The predicted molar refractivity (Wildman–Crippen MR) is 127 cm³/mol. The van der Waals surface area contributed by atoms with Gasteiger partial charge in [0.2, 0.25) is 0 Å². The van der Waals surface area contributed by atoms with Gasteiger partial charge in [-0.1, -0.05) is 112 Å². The van der Waals surface area contributed by atoms with E-state index in [-0.39, 0.29) is 16.9 Å². The Morgan fingerprint density at radius 3 is 1.26 bits per heavy atom. The van der Waals surface area contributed by atoms with E-state index in [4.69, 9.17) is 0 Å². The lowest BCUT2D eigenvalue weighted by Crippen LogP contribution is -2.31. The van der Waals surface area contributed by atoms with Crippen LogP contribution in [0.2, 0.25) is 0 Å². The summed E-state index contributed by atoms with van der Waals surface area (Å²) in [5.74, 6) is -0.158. The standard InChI is InChI=1S/C29H28O2/c1-28(2,3)25-19-24(20-26(30)27(25)31)29(21-13-7-4-8-14-21,22-15-9-5-10-16-22)23-17-11-6-12-18-23/h4-20,30-31H,1-3H3. The van der Waals surface area contributed by atoms with Gasteiger partial charge in [-0.3, -0.25) is 0 Å². The van der Waals surface area contributed by atoms with Crippen molar-refractivity contribution in [3.05, 3.63) is 131 Å². The molecular formula is C29H28O2. The summed E-state index contributed by atoms with van der Waals surface area (Å²) in [4.78, 5) is 0. The van der Waals surface area contributed by atoms with Crippen LogP contribution in [0.1, 0.15) is 48.6 Å². The van der Waals surface area contributed by atoms with Crippen LogP contribution in [0, 0.1) is 0 Å². The Hall–Kier alpha value is -3.52. The van der Waals surface area contributed by atoms with Crippen LogP contribution in [0.25, 0.3) is 0 Å². The van der Waals surface area contributed by atoms with Gasteiger partial charge in [-0.25, -0.2) is 0 Å². The Morgan fingerprint density at radius 1 is 0.516 bits per heavy atom. The summed E-state index contributed by atoms with van der Waals surface area (Å²) in [6.45, 7) is 6.13. The first kappa shape index (κ1) is 20.7. The highest BCUT2D eigenvalue weighted by Crippen LogP contribution is 2.49. The largest absolute Gasteiger partial charge is 0.504 e. The maximum atomic E-state index is 10.8. The average Bonchev–Trinajstić information content (AvgIpc) is 2.78. The lowest BCUT2D eigenvalue weighted by Gasteiger charge is -2.38. The molecule has 0 amide bonds. The molecule has 0 saturated carbocycles. The summed E-state index contributed by atoms with van der Waals surface area (Å²) in [5.41, 5.74) is 3.92. The Labute approximate surface area is 184 Å². The van der Waals surface area contributed by atoms with Crippen molar-refractivity contribution in [3.63, 3.8) is 0 Å². The Bertz CT molecular complexity index is 1060. The van der Waals surface area contributed by atoms with E-state index in [0.29, 0.717) is 0 Å². The van der Waals surface area contributed by atoms with Crippen LogP contribution >= 0.6 is 0 Å². The van der Waals surface area contributed by atoms with Crippen molar-refractivity contribution >= 4 is 0 Å². The molecule has 0 atom stereocenters. The van der Waals surface area contributed by atoms with Gasteiger partial charge in [0.15, 0.2) is 11.5 Å². The van der Waals surface area contributed by atoms with Gasteiger partial charge in [0.25, 0.3) is 0 Å². The van der Waals surface area contributed by atoms with Crippen molar-refractivity contribution in [1.29, 1.82) is 0 Å². The molecule has 2 nitrogen and oxygen atoms in total. The molecule has 0 heterocycles. The molecule has 0 spiro atoms. The monoisotopic (exact) mass is 408 g/mol. The molecule has 0 radical (unpaired) electrons. The molecule has 2 heteroatoms. The molecule has 0 aromatic heterocycles. The van der Waals surface area contributed by atoms with E-state index in [9.17, 15) is 10.2 Å². The van der Waals surface area contributed by atoms with E-state index < -0.39 is 5.41 Å². The third kappa shape index (κ3) is 3.59. The van der Waals surface area contributed by atoms with Crippen LogP contribution in [0.15, 0.2) is 103 Å². The van der Waals surface area contributed by atoms with E-state index in [1.54, 1.807) is 6.07 Å². The van der Waals surface area contributed by atoms with Gasteiger partial charge in [0.1, 0.15) is 0 Å². The highest BCUT2D eigenvalue weighted by atomic mass is 16.3. The van der Waals surface area contributed by atoms with Gasteiger partial charge in [-0.05, 0) is 39.8 Å². The minimum Gasteiger partial charge on any atom is -0.504 e. The van der Waals surface area contributed by atoms with E-state index in [0.717, 1.165) is 27.8 Å². The van der Waals surface area contributed by atoms with Crippen LogP contribution in [-0.2, 0) is 10.8 Å². The summed E-state index contributed by atoms with van der Waals surface area (Å²) < 4.78 is 0. The van der Waals surface area contributed by atoms with Gasteiger partial charge in [0.05, 0.1) is 5.41 Å². The number of hydrogen-bond donors (Lipinski definition) is 2. The van der Waals surface area contributed by atoms with Crippen LogP contribution in [0.3, 0.4) is 0 Å². The molecule has 4 rings (SSSR count). The van der Waals surface area contributed by atoms with E-state index in [1.807, 2.05) is 81.4 Å². The number of hydrogen-bond acceptors (Lipinski definition) is 2. The van der Waals surface area contributed by atoms with E-state index in [2.05, 4.69) is 36.4 Å². The van der Waals surface area contributed by atoms with Gasteiger partial charge < -0.3 is 10.2 Å². The molecule has 31 heavy (non-hydrogen) atoms. The summed E-state index contributed by atoms with van der Waals surface area (Å²) in [6, 6.07) is 34.8. The van der Waals surface area contributed by atoms with Crippen LogP contribution in [-0.4, -0.2) is 10.2 Å². The second-order valence-corrected chi connectivity index (χ2v) is 8.99. The summed E-state index contributed by atoms with van der Waals surface area (Å²) in [6.07, 6.45) is 0. The number of rotatable bonds is 4. The average molecular weight is 409 g/mol. The third-order valence-corrected chi connectivity index (χ3v) is 5.95. The molecule has 0 aliphatic carbocycles. The zero-order valence-corrected chi connectivity index (χ0v) is 18.2. The molecule has 0 aliphatic heterocycles. The maximum Gasteiger partial charge on any atom is 0.161 e. The fourth-order valence-electron chi connectivity index (χ4n) is 4.47. The van der Waals surface area contributed by atoms with Crippen molar-refractivity contribution in [2.75, 3.05) is 0 Å². The van der Waals surface area contributed by atoms with Crippen LogP contribution in [0.4, 0.5) is 0 Å². The van der Waals surface area contributed by atoms with Crippen molar-refractivity contribution in [2.45, 2.75) is 31.6 Å². The molecule has 2 N–H and O–H groups in total. The summed E-state index contributed by atoms with van der Waals surface area (Å²) in [7, 11) is 0. The molecule has 0 fully saturated rings. The lowest BCUT2D eigenvalue weighted by molar-refractivity contribution is 0.387. The quantitative estimate of drug-likeness (QED) is 0.289. The van der Waals surface area contributed by atoms with Gasteiger partial charge >= 0.3 is 0 Å². The molecule has 0 bridgehead atoms. The van der Waals surface area contributed by atoms with Crippen LogP contribution < -0.4 is 0 Å². The van der Waals surface area contributed by atoms with E-state index in [1.165, 1.54) is 0 Å². The molecule has 0 aliphatic rings.